The summed E-state index contributed by atoms with van der Waals surface area (Å²) in [6.45, 7) is 1.65. The van der Waals surface area contributed by atoms with Crippen LogP contribution in [0.15, 0.2) is 0 Å². The van der Waals surface area contributed by atoms with Gasteiger partial charge in [-0.3, -0.25) is 0 Å². The molecular formula is C9H13F5. The van der Waals surface area contributed by atoms with Crippen molar-refractivity contribution in [2.75, 3.05) is 0 Å². The normalized spacial score (nSPS) is 33.0. The Labute approximate surface area is 79.5 Å². The zero-order chi connectivity index (χ0) is 11.0. The van der Waals surface area contributed by atoms with Gasteiger partial charge in [0.15, 0.2) is 0 Å². The van der Waals surface area contributed by atoms with E-state index in [9.17, 15) is 22.0 Å². The van der Waals surface area contributed by atoms with E-state index in [1.807, 2.05) is 0 Å². The van der Waals surface area contributed by atoms with Gasteiger partial charge in [0.2, 0.25) is 5.92 Å². The van der Waals surface area contributed by atoms with Gasteiger partial charge in [-0.15, -0.1) is 0 Å². The van der Waals surface area contributed by atoms with Gasteiger partial charge in [-0.25, -0.2) is 8.78 Å². The second kappa shape index (κ2) is 3.66. The SMILES string of the molecule is CC[C@@H]1C[C@@H](C(F)(F)F)CC(F)(F)C1. The first-order chi connectivity index (χ1) is 6.24. The molecule has 5 heteroatoms. The molecule has 14 heavy (non-hydrogen) atoms. The molecule has 84 valence electrons. The van der Waals surface area contributed by atoms with Crippen LogP contribution in [-0.4, -0.2) is 12.1 Å². The van der Waals surface area contributed by atoms with Gasteiger partial charge in [-0.05, 0) is 12.3 Å². The third kappa shape index (κ3) is 2.82. The van der Waals surface area contributed by atoms with Crippen LogP contribution in [0.1, 0.15) is 32.6 Å². The van der Waals surface area contributed by atoms with Crippen molar-refractivity contribution in [2.45, 2.75) is 44.7 Å². The average molecular weight is 216 g/mol. The standard InChI is InChI=1S/C9H13F5/c1-2-6-3-7(9(12,13)14)5-8(10,11)4-6/h6-7H,2-5H2,1H3/t6-,7-/m1/s1. The Balaban J connectivity index is 2.71. The van der Waals surface area contributed by atoms with E-state index in [0.29, 0.717) is 6.42 Å². The molecule has 2 atom stereocenters. The van der Waals surface area contributed by atoms with Crippen LogP contribution in [0.25, 0.3) is 0 Å². The van der Waals surface area contributed by atoms with Gasteiger partial charge < -0.3 is 0 Å². The lowest BCUT2D eigenvalue weighted by molar-refractivity contribution is -0.214. The van der Waals surface area contributed by atoms with E-state index in [0.717, 1.165) is 0 Å². The third-order valence-electron chi connectivity index (χ3n) is 2.79. The highest BCUT2D eigenvalue weighted by Gasteiger charge is 2.50. The fraction of sp³-hybridized carbons (Fsp3) is 1.00. The summed E-state index contributed by atoms with van der Waals surface area (Å²) in [6, 6.07) is 0. The molecule has 0 aliphatic heterocycles. The monoisotopic (exact) mass is 216 g/mol. The predicted molar refractivity (Wildman–Crippen MR) is 42.1 cm³/mol. The first-order valence-corrected chi connectivity index (χ1v) is 4.69. The first-order valence-electron chi connectivity index (χ1n) is 4.69. The van der Waals surface area contributed by atoms with E-state index in [1.54, 1.807) is 6.92 Å². The summed E-state index contributed by atoms with van der Waals surface area (Å²) in [5, 5.41) is 0. The summed E-state index contributed by atoms with van der Waals surface area (Å²) >= 11 is 0. The Hall–Kier alpha value is -0.350. The molecule has 0 nitrogen and oxygen atoms in total. The summed E-state index contributed by atoms with van der Waals surface area (Å²) in [5.74, 6) is -5.46. The van der Waals surface area contributed by atoms with Crippen LogP contribution in [0.5, 0.6) is 0 Å². The van der Waals surface area contributed by atoms with Crippen LogP contribution >= 0.6 is 0 Å². The van der Waals surface area contributed by atoms with Gasteiger partial charge in [0.25, 0.3) is 0 Å². The Bertz CT molecular complexity index is 196. The van der Waals surface area contributed by atoms with Gasteiger partial charge in [0, 0.05) is 12.8 Å². The maximum absolute atomic E-state index is 12.9. The molecule has 0 saturated heterocycles. The summed E-state index contributed by atoms with van der Waals surface area (Å²) in [4.78, 5) is 0. The van der Waals surface area contributed by atoms with Crippen LogP contribution in [0.4, 0.5) is 22.0 Å². The quantitative estimate of drug-likeness (QED) is 0.581. The van der Waals surface area contributed by atoms with Crippen molar-refractivity contribution in [1.82, 2.24) is 0 Å². The lowest BCUT2D eigenvalue weighted by atomic mass is 9.78. The van der Waals surface area contributed by atoms with E-state index in [1.165, 1.54) is 0 Å². The van der Waals surface area contributed by atoms with Gasteiger partial charge >= 0.3 is 6.18 Å². The summed E-state index contributed by atoms with van der Waals surface area (Å²) in [5.41, 5.74) is 0. The first kappa shape index (κ1) is 11.7. The number of rotatable bonds is 1. The molecule has 1 fully saturated rings. The zero-order valence-electron chi connectivity index (χ0n) is 7.87. The molecule has 1 saturated carbocycles. The second-order valence-electron chi connectivity index (χ2n) is 4.01. The average Bonchev–Trinajstić information content (AvgIpc) is 1.99. The van der Waals surface area contributed by atoms with Gasteiger partial charge in [0.1, 0.15) is 0 Å². The summed E-state index contributed by atoms with van der Waals surface area (Å²) in [7, 11) is 0. The highest BCUT2D eigenvalue weighted by atomic mass is 19.4. The molecule has 0 unspecified atom stereocenters. The largest absolute Gasteiger partial charge is 0.392 e. The molecule has 0 heterocycles. The van der Waals surface area contributed by atoms with Gasteiger partial charge in [-0.2, -0.15) is 13.2 Å². The number of hydrogen-bond donors (Lipinski definition) is 0. The molecule has 0 N–H and O–H groups in total. The number of halogens is 5. The minimum Gasteiger partial charge on any atom is -0.207 e. The Morgan fingerprint density at radius 1 is 1.21 bits per heavy atom. The fourth-order valence-corrected chi connectivity index (χ4v) is 2.00. The molecule has 1 rings (SSSR count). The summed E-state index contributed by atoms with van der Waals surface area (Å²) < 4.78 is 62.6. The molecule has 1 aliphatic carbocycles. The van der Waals surface area contributed by atoms with E-state index in [-0.39, 0.29) is 6.42 Å². The van der Waals surface area contributed by atoms with Crippen molar-refractivity contribution in [1.29, 1.82) is 0 Å². The Kier molecular flexibility index (Phi) is 3.07. The van der Waals surface area contributed by atoms with E-state index >= 15 is 0 Å². The smallest absolute Gasteiger partial charge is 0.207 e. The maximum Gasteiger partial charge on any atom is 0.392 e. The van der Waals surface area contributed by atoms with Crippen molar-refractivity contribution in [3.8, 4) is 0 Å². The topological polar surface area (TPSA) is 0 Å². The highest BCUT2D eigenvalue weighted by molar-refractivity contribution is 4.86. The lowest BCUT2D eigenvalue weighted by Gasteiger charge is -2.35. The highest BCUT2D eigenvalue weighted by Crippen LogP contribution is 2.47. The molecule has 0 aromatic heterocycles. The molecule has 0 amide bonds. The number of hydrogen-bond acceptors (Lipinski definition) is 0. The third-order valence-corrected chi connectivity index (χ3v) is 2.79. The van der Waals surface area contributed by atoms with Crippen LogP contribution in [0.2, 0.25) is 0 Å². The lowest BCUT2D eigenvalue weighted by Crippen LogP contribution is -2.38. The van der Waals surface area contributed by atoms with Crippen molar-refractivity contribution in [2.24, 2.45) is 11.8 Å². The molecular weight excluding hydrogens is 203 g/mol. The van der Waals surface area contributed by atoms with E-state index in [2.05, 4.69) is 0 Å². The van der Waals surface area contributed by atoms with E-state index < -0.39 is 36.8 Å². The molecule has 0 aromatic carbocycles. The van der Waals surface area contributed by atoms with Crippen molar-refractivity contribution in [3.63, 3.8) is 0 Å². The van der Waals surface area contributed by atoms with Crippen molar-refractivity contribution in [3.05, 3.63) is 0 Å². The zero-order valence-corrected chi connectivity index (χ0v) is 7.87. The van der Waals surface area contributed by atoms with Crippen LogP contribution in [0, 0.1) is 11.8 Å². The van der Waals surface area contributed by atoms with Crippen molar-refractivity contribution >= 4 is 0 Å². The maximum atomic E-state index is 12.9. The van der Waals surface area contributed by atoms with Gasteiger partial charge in [-0.1, -0.05) is 13.3 Å². The Morgan fingerprint density at radius 2 is 1.79 bits per heavy atom. The minimum atomic E-state index is -4.47. The molecule has 1 aliphatic rings. The van der Waals surface area contributed by atoms with Crippen LogP contribution in [0.3, 0.4) is 0 Å². The van der Waals surface area contributed by atoms with E-state index in [4.69, 9.17) is 0 Å². The van der Waals surface area contributed by atoms with Crippen LogP contribution < -0.4 is 0 Å². The van der Waals surface area contributed by atoms with Crippen molar-refractivity contribution < 1.29 is 22.0 Å². The minimum absolute atomic E-state index is 0.143. The second-order valence-corrected chi connectivity index (χ2v) is 4.01. The predicted octanol–water partition coefficient (Wildman–Crippen LogP) is 4.01. The molecule has 0 bridgehead atoms. The fourth-order valence-electron chi connectivity index (χ4n) is 2.00. The molecule has 0 radical (unpaired) electrons. The summed E-state index contributed by atoms with van der Waals surface area (Å²) in [6.07, 6.45) is -5.65. The number of alkyl halides is 5. The molecule has 0 aromatic rings. The molecule has 0 spiro atoms. The van der Waals surface area contributed by atoms with Crippen LogP contribution in [-0.2, 0) is 0 Å². The Morgan fingerprint density at radius 3 is 2.21 bits per heavy atom. The van der Waals surface area contributed by atoms with Gasteiger partial charge in [0.05, 0.1) is 5.92 Å².